The molecule has 0 aliphatic carbocycles. The molecule has 2 amide bonds. The molecule has 1 fully saturated rings. The summed E-state index contributed by atoms with van der Waals surface area (Å²) in [6.07, 6.45) is 3.90. The van der Waals surface area contributed by atoms with Crippen LogP contribution in [0.25, 0.3) is 0 Å². The van der Waals surface area contributed by atoms with Gasteiger partial charge in [-0.3, -0.25) is 4.90 Å². The van der Waals surface area contributed by atoms with Gasteiger partial charge in [-0.2, -0.15) is 0 Å². The van der Waals surface area contributed by atoms with Gasteiger partial charge in [0.25, 0.3) is 0 Å². The van der Waals surface area contributed by atoms with Gasteiger partial charge in [0, 0.05) is 20.1 Å². The number of nitrogens with zero attached hydrogens (tertiary/aromatic N) is 2. The van der Waals surface area contributed by atoms with Crippen LogP contribution in [-0.4, -0.2) is 42.5 Å². The number of benzene rings is 1. The lowest BCUT2D eigenvalue weighted by Crippen LogP contribution is -2.42. The van der Waals surface area contributed by atoms with Crippen LogP contribution < -0.4 is 5.32 Å². The summed E-state index contributed by atoms with van der Waals surface area (Å²) in [5.41, 5.74) is 1.37. The minimum Gasteiger partial charge on any atom is -0.467 e. The van der Waals surface area contributed by atoms with Gasteiger partial charge >= 0.3 is 6.03 Å². The highest BCUT2D eigenvalue weighted by Gasteiger charge is 2.20. The number of piperidine rings is 1. The highest BCUT2D eigenvalue weighted by atomic mass is 16.3. The molecule has 0 atom stereocenters. The smallest absolute Gasteiger partial charge is 0.317 e. The molecule has 0 unspecified atom stereocenters. The van der Waals surface area contributed by atoms with Crippen molar-refractivity contribution in [2.24, 2.45) is 5.92 Å². The average molecular weight is 341 g/mol. The monoisotopic (exact) mass is 341 g/mol. The minimum absolute atomic E-state index is 0.0388. The van der Waals surface area contributed by atoms with Crippen LogP contribution in [0.4, 0.5) is 4.79 Å². The summed E-state index contributed by atoms with van der Waals surface area (Å²) in [6, 6.07) is 14.3. The van der Waals surface area contributed by atoms with Crippen LogP contribution in [0.15, 0.2) is 53.1 Å². The Morgan fingerprint density at radius 1 is 1.20 bits per heavy atom. The van der Waals surface area contributed by atoms with Crippen molar-refractivity contribution in [2.45, 2.75) is 25.9 Å². The lowest BCUT2D eigenvalue weighted by atomic mass is 9.96. The number of carbonyl (C=O) groups excluding carboxylic acids is 1. The fraction of sp³-hybridized carbons (Fsp3) is 0.450. The summed E-state index contributed by atoms with van der Waals surface area (Å²) in [4.78, 5) is 16.3. The van der Waals surface area contributed by atoms with Crippen LogP contribution >= 0.6 is 0 Å². The van der Waals surface area contributed by atoms with Crippen LogP contribution in [0.3, 0.4) is 0 Å². The summed E-state index contributed by atoms with van der Waals surface area (Å²) in [7, 11) is 1.79. The van der Waals surface area contributed by atoms with E-state index in [2.05, 4.69) is 40.5 Å². The number of urea groups is 1. The normalized spacial score (nSPS) is 15.9. The van der Waals surface area contributed by atoms with Gasteiger partial charge in [0.2, 0.25) is 0 Å². The maximum Gasteiger partial charge on any atom is 0.317 e. The topological polar surface area (TPSA) is 48.7 Å². The Morgan fingerprint density at radius 3 is 2.64 bits per heavy atom. The van der Waals surface area contributed by atoms with Crippen molar-refractivity contribution in [3.05, 3.63) is 60.1 Å². The van der Waals surface area contributed by atoms with Gasteiger partial charge in [0.05, 0.1) is 12.8 Å². The van der Waals surface area contributed by atoms with Crippen LogP contribution in [0.2, 0.25) is 0 Å². The highest BCUT2D eigenvalue weighted by Crippen LogP contribution is 2.18. The molecule has 3 rings (SSSR count). The first-order valence-electron chi connectivity index (χ1n) is 8.98. The molecule has 1 aromatic carbocycles. The second kappa shape index (κ2) is 8.72. The molecule has 0 bridgehead atoms. The Balaban J connectivity index is 1.35. The Bertz CT molecular complexity index is 634. The number of rotatable bonds is 6. The second-order valence-electron chi connectivity index (χ2n) is 6.83. The SMILES string of the molecule is CN(Cc1ccco1)C(=O)NCC1CCN(Cc2ccccc2)CC1. The lowest BCUT2D eigenvalue weighted by molar-refractivity contribution is 0.169. The quantitative estimate of drug-likeness (QED) is 0.877. The van der Waals surface area contributed by atoms with Crippen molar-refractivity contribution < 1.29 is 9.21 Å². The zero-order valence-corrected chi connectivity index (χ0v) is 14.9. The van der Waals surface area contributed by atoms with Crippen LogP contribution in [0.1, 0.15) is 24.2 Å². The largest absolute Gasteiger partial charge is 0.467 e. The predicted molar refractivity (Wildman–Crippen MR) is 98.0 cm³/mol. The van der Waals surface area contributed by atoms with E-state index in [-0.39, 0.29) is 6.03 Å². The maximum absolute atomic E-state index is 12.2. The van der Waals surface area contributed by atoms with Gasteiger partial charge in [-0.1, -0.05) is 30.3 Å². The molecule has 1 aliphatic rings. The second-order valence-corrected chi connectivity index (χ2v) is 6.83. The maximum atomic E-state index is 12.2. The third kappa shape index (κ3) is 5.36. The van der Waals surface area contributed by atoms with Crippen molar-refractivity contribution in [1.29, 1.82) is 0 Å². The Labute approximate surface area is 149 Å². The van der Waals surface area contributed by atoms with E-state index in [0.717, 1.165) is 44.8 Å². The molecule has 1 aliphatic heterocycles. The number of nitrogens with one attached hydrogen (secondary N) is 1. The molecule has 0 saturated carbocycles. The molecule has 0 radical (unpaired) electrons. The van der Waals surface area contributed by atoms with Crippen molar-refractivity contribution in [1.82, 2.24) is 15.1 Å². The standard InChI is InChI=1S/C20H27N3O2/c1-22(16-19-8-5-13-25-19)20(24)21-14-17-9-11-23(12-10-17)15-18-6-3-2-4-7-18/h2-8,13,17H,9-12,14-16H2,1H3,(H,21,24). The summed E-state index contributed by atoms with van der Waals surface area (Å²) < 4.78 is 5.28. The Morgan fingerprint density at radius 2 is 1.96 bits per heavy atom. The van der Waals surface area contributed by atoms with Crippen molar-refractivity contribution in [3.8, 4) is 0 Å². The first-order chi connectivity index (χ1) is 12.2. The number of likely N-dealkylation sites (tertiary alicyclic amines) is 1. The molecule has 0 spiro atoms. The fourth-order valence-corrected chi connectivity index (χ4v) is 3.27. The van der Waals surface area contributed by atoms with Gasteiger partial charge in [-0.15, -0.1) is 0 Å². The van der Waals surface area contributed by atoms with Crippen molar-refractivity contribution >= 4 is 6.03 Å². The molecule has 1 saturated heterocycles. The summed E-state index contributed by atoms with van der Waals surface area (Å²) in [5, 5.41) is 3.06. The molecule has 5 nitrogen and oxygen atoms in total. The number of furan rings is 1. The van der Waals surface area contributed by atoms with E-state index < -0.39 is 0 Å². The Hall–Kier alpha value is -2.27. The van der Waals surface area contributed by atoms with Crippen LogP contribution in [-0.2, 0) is 13.1 Å². The van der Waals surface area contributed by atoms with Crippen LogP contribution in [0.5, 0.6) is 0 Å². The van der Waals surface area contributed by atoms with Gasteiger partial charge < -0.3 is 14.6 Å². The molecular weight excluding hydrogens is 314 g/mol. The average Bonchev–Trinajstić information content (AvgIpc) is 3.14. The van der Waals surface area contributed by atoms with E-state index in [0.29, 0.717) is 12.5 Å². The van der Waals surface area contributed by atoms with Crippen molar-refractivity contribution in [3.63, 3.8) is 0 Å². The van der Waals surface area contributed by atoms with E-state index >= 15 is 0 Å². The molecule has 2 aromatic rings. The third-order valence-corrected chi connectivity index (χ3v) is 4.82. The molecule has 25 heavy (non-hydrogen) atoms. The fourth-order valence-electron chi connectivity index (χ4n) is 3.27. The number of hydrogen-bond acceptors (Lipinski definition) is 3. The minimum atomic E-state index is -0.0388. The third-order valence-electron chi connectivity index (χ3n) is 4.82. The zero-order valence-electron chi connectivity index (χ0n) is 14.9. The lowest BCUT2D eigenvalue weighted by Gasteiger charge is -2.32. The van der Waals surface area contributed by atoms with Crippen LogP contribution in [0, 0.1) is 5.92 Å². The molecule has 1 aromatic heterocycles. The number of carbonyl (C=O) groups is 1. The van der Waals surface area contributed by atoms with Gasteiger partial charge in [-0.25, -0.2) is 4.79 Å². The summed E-state index contributed by atoms with van der Waals surface area (Å²) in [6.45, 7) is 4.45. The van der Waals surface area contributed by atoms with E-state index in [1.807, 2.05) is 12.1 Å². The molecular formula is C20H27N3O2. The summed E-state index contributed by atoms with van der Waals surface area (Å²) >= 11 is 0. The first kappa shape index (κ1) is 17.5. The molecule has 134 valence electrons. The number of amides is 2. The van der Waals surface area contributed by atoms with Gasteiger partial charge in [0.1, 0.15) is 5.76 Å². The van der Waals surface area contributed by atoms with E-state index in [1.165, 1.54) is 5.56 Å². The van der Waals surface area contributed by atoms with Crippen molar-refractivity contribution in [2.75, 3.05) is 26.7 Å². The van der Waals surface area contributed by atoms with Gasteiger partial charge in [-0.05, 0) is 49.5 Å². The highest BCUT2D eigenvalue weighted by molar-refractivity contribution is 5.73. The summed E-state index contributed by atoms with van der Waals surface area (Å²) in [5.74, 6) is 1.36. The van der Waals surface area contributed by atoms with Gasteiger partial charge in [0.15, 0.2) is 0 Å². The number of hydrogen-bond donors (Lipinski definition) is 1. The molecule has 5 heteroatoms. The van der Waals surface area contributed by atoms with E-state index in [4.69, 9.17) is 4.42 Å². The zero-order chi connectivity index (χ0) is 17.5. The predicted octanol–water partition coefficient (Wildman–Crippen LogP) is 3.33. The molecule has 1 N–H and O–H groups in total. The van der Waals surface area contributed by atoms with E-state index in [1.54, 1.807) is 18.2 Å². The molecule has 2 heterocycles. The van der Waals surface area contributed by atoms with E-state index in [9.17, 15) is 4.79 Å². The Kier molecular flexibility index (Phi) is 6.12. The first-order valence-corrected chi connectivity index (χ1v) is 8.98.